The molecule has 0 bridgehead atoms. The second kappa shape index (κ2) is 4.11. The van der Waals surface area contributed by atoms with Crippen LogP contribution in [0.15, 0.2) is 12.1 Å². The maximum absolute atomic E-state index is 13.2. The highest BCUT2D eigenvalue weighted by Crippen LogP contribution is 2.37. The number of benzene rings is 1. The van der Waals surface area contributed by atoms with Crippen LogP contribution in [0.25, 0.3) is 0 Å². The van der Waals surface area contributed by atoms with E-state index in [0.717, 1.165) is 6.07 Å². The van der Waals surface area contributed by atoms with E-state index in [9.17, 15) is 9.50 Å². The van der Waals surface area contributed by atoms with Gasteiger partial charge in [-0.1, -0.05) is 26.8 Å². The minimum Gasteiger partial charge on any atom is -0.506 e. The SMILES string of the molecule is CC(C)(C)[C@H](N)c1ccc(F)c(C#N)c1O. The Morgan fingerprint density at radius 2 is 2.00 bits per heavy atom. The summed E-state index contributed by atoms with van der Waals surface area (Å²) in [4.78, 5) is 0. The van der Waals surface area contributed by atoms with Crippen molar-refractivity contribution in [3.63, 3.8) is 0 Å². The Bertz CT molecular complexity index is 444. The van der Waals surface area contributed by atoms with E-state index < -0.39 is 11.9 Å². The fourth-order valence-corrected chi connectivity index (χ4v) is 1.41. The molecule has 0 saturated carbocycles. The lowest BCUT2D eigenvalue weighted by Crippen LogP contribution is -2.26. The summed E-state index contributed by atoms with van der Waals surface area (Å²) < 4.78 is 13.2. The predicted octanol–water partition coefficient (Wildman–Crippen LogP) is 2.45. The second-order valence-electron chi connectivity index (χ2n) is 4.82. The van der Waals surface area contributed by atoms with Crippen molar-refractivity contribution in [1.82, 2.24) is 0 Å². The Kier molecular flexibility index (Phi) is 3.20. The summed E-state index contributed by atoms with van der Waals surface area (Å²) in [5.41, 5.74) is 5.72. The molecule has 0 amide bonds. The van der Waals surface area contributed by atoms with Crippen LogP contribution >= 0.6 is 0 Å². The van der Waals surface area contributed by atoms with Crippen molar-refractivity contribution in [3.8, 4) is 11.8 Å². The van der Waals surface area contributed by atoms with Crippen molar-refractivity contribution >= 4 is 0 Å². The van der Waals surface area contributed by atoms with Gasteiger partial charge in [0.2, 0.25) is 0 Å². The van der Waals surface area contributed by atoms with Gasteiger partial charge in [0.25, 0.3) is 0 Å². The molecular formula is C12H15FN2O. The number of nitrogens with zero attached hydrogens (tertiary/aromatic N) is 1. The first-order chi connectivity index (χ1) is 7.29. The molecule has 0 fully saturated rings. The molecule has 1 aromatic carbocycles. The Morgan fingerprint density at radius 3 is 2.44 bits per heavy atom. The van der Waals surface area contributed by atoms with Gasteiger partial charge in [-0.05, 0) is 11.5 Å². The van der Waals surface area contributed by atoms with Gasteiger partial charge in [0.1, 0.15) is 23.2 Å². The van der Waals surface area contributed by atoms with E-state index >= 15 is 0 Å². The Balaban J connectivity index is 3.34. The lowest BCUT2D eigenvalue weighted by Gasteiger charge is -2.28. The van der Waals surface area contributed by atoms with Crippen LogP contribution in [0.1, 0.15) is 37.9 Å². The number of nitrogens with two attached hydrogens (primary N) is 1. The number of halogens is 1. The molecule has 0 aromatic heterocycles. The second-order valence-corrected chi connectivity index (χ2v) is 4.82. The van der Waals surface area contributed by atoms with Crippen LogP contribution in [-0.4, -0.2) is 5.11 Å². The van der Waals surface area contributed by atoms with E-state index in [1.807, 2.05) is 20.8 Å². The van der Waals surface area contributed by atoms with Crippen LogP contribution < -0.4 is 5.73 Å². The highest BCUT2D eigenvalue weighted by Gasteiger charge is 2.26. The molecule has 0 aliphatic heterocycles. The van der Waals surface area contributed by atoms with Crippen LogP contribution in [0.3, 0.4) is 0 Å². The molecule has 0 aliphatic rings. The van der Waals surface area contributed by atoms with Gasteiger partial charge in [0.05, 0.1) is 0 Å². The van der Waals surface area contributed by atoms with Crippen molar-refractivity contribution in [3.05, 3.63) is 29.1 Å². The molecule has 0 radical (unpaired) electrons. The highest BCUT2D eigenvalue weighted by molar-refractivity contribution is 5.49. The largest absolute Gasteiger partial charge is 0.506 e. The summed E-state index contributed by atoms with van der Waals surface area (Å²) in [5, 5.41) is 18.5. The predicted molar refractivity (Wildman–Crippen MR) is 59.2 cm³/mol. The van der Waals surface area contributed by atoms with Gasteiger partial charge >= 0.3 is 0 Å². The smallest absolute Gasteiger partial charge is 0.144 e. The molecule has 1 rings (SSSR count). The molecule has 1 atom stereocenters. The summed E-state index contributed by atoms with van der Waals surface area (Å²) in [7, 11) is 0. The zero-order valence-electron chi connectivity index (χ0n) is 9.58. The molecule has 4 heteroatoms. The maximum atomic E-state index is 13.2. The number of aromatic hydroxyl groups is 1. The number of phenolic OH excluding ortho intramolecular Hbond substituents is 1. The summed E-state index contributed by atoms with van der Waals surface area (Å²) in [6.07, 6.45) is 0. The van der Waals surface area contributed by atoms with Crippen molar-refractivity contribution < 1.29 is 9.50 Å². The molecule has 16 heavy (non-hydrogen) atoms. The summed E-state index contributed by atoms with van der Waals surface area (Å²) in [6.45, 7) is 5.73. The minimum atomic E-state index is -0.732. The summed E-state index contributed by atoms with van der Waals surface area (Å²) in [6, 6.07) is 3.74. The maximum Gasteiger partial charge on any atom is 0.144 e. The molecule has 1 aromatic rings. The highest BCUT2D eigenvalue weighted by atomic mass is 19.1. The molecule has 0 spiro atoms. The first kappa shape index (κ1) is 12.5. The molecule has 86 valence electrons. The van der Waals surface area contributed by atoms with E-state index in [1.165, 1.54) is 6.07 Å². The Labute approximate surface area is 94.3 Å². The zero-order chi connectivity index (χ0) is 12.5. The topological polar surface area (TPSA) is 70.0 Å². The van der Waals surface area contributed by atoms with Crippen LogP contribution in [0.5, 0.6) is 5.75 Å². The quantitative estimate of drug-likeness (QED) is 0.766. The molecule has 0 saturated heterocycles. The third kappa shape index (κ3) is 2.15. The van der Waals surface area contributed by atoms with Gasteiger partial charge < -0.3 is 10.8 Å². The van der Waals surface area contributed by atoms with Crippen molar-refractivity contribution in [1.29, 1.82) is 5.26 Å². The number of nitriles is 1. The van der Waals surface area contributed by atoms with Gasteiger partial charge in [-0.2, -0.15) is 5.26 Å². The van der Waals surface area contributed by atoms with Crippen molar-refractivity contribution in [2.45, 2.75) is 26.8 Å². The summed E-state index contributed by atoms with van der Waals surface area (Å²) >= 11 is 0. The number of rotatable bonds is 1. The molecule has 0 aliphatic carbocycles. The van der Waals surface area contributed by atoms with Crippen molar-refractivity contribution in [2.24, 2.45) is 11.1 Å². The third-order valence-electron chi connectivity index (χ3n) is 2.54. The average Bonchev–Trinajstić information content (AvgIpc) is 2.16. The van der Waals surface area contributed by atoms with Gasteiger partial charge in [0, 0.05) is 11.6 Å². The lowest BCUT2D eigenvalue weighted by molar-refractivity contribution is 0.317. The van der Waals surface area contributed by atoms with E-state index in [1.54, 1.807) is 6.07 Å². The fraction of sp³-hybridized carbons (Fsp3) is 0.417. The van der Waals surface area contributed by atoms with Crippen LogP contribution in [0, 0.1) is 22.6 Å². The van der Waals surface area contributed by atoms with Gasteiger partial charge in [0.15, 0.2) is 0 Å². The first-order valence-corrected chi connectivity index (χ1v) is 4.96. The number of hydrogen-bond donors (Lipinski definition) is 2. The van der Waals surface area contributed by atoms with Gasteiger partial charge in [-0.15, -0.1) is 0 Å². The van der Waals surface area contributed by atoms with Crippen LogP contribution in [-0.2, 0) is 0 Å². The first-order valence-electron chi connectivity index (χ1n) is 4.96. The normalized spacial score (nSPS) is 13.2. The van der Waals surface area contributed by atoms with Crippen LogP contribution in [0.2, 0.25) is 0 Å². The molecule has 0 heterocycles. The molecule has 0 unspecified atom stereocenters. The van der Waals surface area contributed by atoms with E-state index in [-0.39, 0.29) is 16.7 Å². The molecule has 3 nitrogen and oxygen atoms in total. The van der Waals surface area contributed by atoms with E-state index in [2.05, 4.69) is 0 Å². The standard InChI is InChI=1S/C12H15FN2O/c1-12(2,3)11(15)7-4-5-9(13)8(6-14)10(7)16/h4-5,11,16H,15H2,1-3H3/t11-/m1/s1. The fourth-order valence-electron chi connectivity index (χ4n) is 1.41. The van der Waals surface area contributed by atoms with Crippen molar-refractivity contribution in [2.75, 3.05) is 0 Å². The Morgan fingerprint density at radius 1 is 1.44 bits per heavy atom. The number of phenols is 1. The summed E-state index contributed by atoms with van der Waals surface area (Å²) in [5.74, 6) is -1.09. The molecule has 3 N–H and O–H groups in total. The van der Waals surface area contributed by atoms with Gasteiger partial charge in [-0.3, -0.25) is 0 Å². The lowest BCUT2D eigenvalue weighted by atomic mass is 9.82. The Hall–Kier alpha value is -1.60. The van der Waals surface area contributed by atoms with E-state index in [0.29, 0.717) is 5.56 Å². The van der Waals surface area contributed by atoms with E-state index in [4.69, 9.17) is 11.0 Å². The van der Waals surface area contributed by atoms with Crippen LogP contribution in [0.4, 0.5) is 4.39 Å². The monoisotopic (exact) mass is 222 g/mol. The average molecular weight is 222 g/mol. The molecular weight excluding hydrogens is 207 g/mol. The zero-order valence-corrected chi connectivity index (χ0v) is 9.58. The third-order valence-corrected chi connectivity index (χ3v) is 2.54. The number of hydrogen-bond acceptors (Lipinski definition) is 3. The minimum absolute atomic E-state index is 0.276. The van der Waals surface area contributed by atoms with Gasteiger partial charge in [-0.25, -0.2) is 4.39 Å².